The summed E-state index contributed by atoms with van der Waals surface area (Å²) in [6, 6.07) is 6.59. The molecule has 0 aliphatic heterocycles. The Labute approximate surface area is 114 Å². The Kier molecular flexibility index (Phi) is 3.79. The quantitative estimate of drug-likeness (QED) is 0.859. The first-order valence-electron chi connectivity index (χ1n) is 5.11. The van der Waals surface area contributed by atoms with Crippen molar-refractivity contribution in [3.8, 4) is 0 Å². The summed E-state index contributed by atoms with van der Waals surface area (Å²) >= 11 is 11.6. The molecule has 0 fully saturated rings. The fourth-order valence-electron chi connectivity index (χ4n) is 1.42. The number of carbonyl (C=O) groups is 1. The van der Waals surface area contributed by atoms with Gasteiger partial charge in [-0.1, -0.05) is 29.3 Å². The van der Waals surface area contributed by atoms with Crippen molar-refractivity contribution >= 4 is 34.9 Å². The third-order valence-corrected chi connectivity index (χ3v) is 2.76. The summed E-state index contributed by atoms with van der Waals surface area (Å²) in [5, 5.41) is 3.41. The van der Waals surface area contributed by atoms with E-state index in [0.29, 0.717) is 16.4 Å². The van der Waals surface area contributed by atoms with Gasteiger partial charge in [0.1, 0.15) is 17.3 Å². The maximum absolute atomic E-state index is 12.0. The number of aryl methyl sites for hydroxylation is 1. The highest BCUT2D eigenvalue weighted by molar-refractivity contribution is 6.31. The van der Waals surface area contributed by atoms with Crippen LogP contribution in [0.15, 0.2) is 30.6 Å². The molecule has 0 unspecified atom stereocenters. The number of benzene rings is 1. The lowest BCUT2D eigenvalue weighted by Gasteiger charge is -2.07. The van der Waals surface area contributed by atoms with Gasteiger partial charge >= 0.3 is 0 Å². The number of halogens is 2. The third kappa shape index (κ3) is 2.97. The summed E-state index contributed by atoms with van der Waals surface area (Å²) in [4.78, 5) is 19.7. The Balaban J connectivity index is 2.24. The number of rotatable bonds is 2. The Morgan fingerprint density at radius 1 is 1.22 bits per heavy atom. The van der Waals surface area contributed by atoms with Crippen LogP contribution < -0.4 is 5.32 Å². The van der Waals surface area contributed by atoms with Crippen LogP contribution in [0, 0.1) is 6.92 Å². The van der Waals surface area contributed by atoms with Crippen LogP contribution in [0.2, 0.25) is 10.2 Å². The molecule has 0 bridgehead atoms. The summed E-state index contributed by atoms with van der Waals surface area (Å²) in [6.45, 7) is 1.83. The second-order valence-electron chi connectivity index (χ2n) is 3.64. The number of nitrogens with one attached hydrogen (secondary N) is 1. The van der Waals surface area contributed by atoms with Gasteiger partial charge in [-0.3, -0.25) is 4.79 Å². The van der Waals surface area contributed by atoms with Crippen molar-refractivity contribution in [3.63, 3.8) is 0 Å². The second-order valence-corrected chi connectivity index (χ2v) is 4.46. The largest absolute Gasteiger partial charge is 0.306 e. The topological polar surface area (TPSA) is 54.9 Å². The predicted molar refractivity (Wildman–Crippen MR) is 71.2 cm³/mol. The van der Waals surface area contributed by atoms with Crippen molar-refractivity contribution in [2.45, 2.75) is 6.92 Å². The van der Waals surface area contributed by atoms with Gasteiger partial charge in [-0.25, -0.2) is 9.97 Å². The van der Waals surface area contributed by atoms with Crippen molar-refractivity contribution in [2.24, 2.45) is 0 Å². The summed E-state index contributed by atoms with van der Waals surface area (Å²) in [7, 11) is 0. The number of hydrogen-bond acceptors (Lipinski definition) is 3. The maximum atomic E-state index is 12.0. The highest BCUT2D eigenvalue weighted by Crippen LogP contribution is 2.17. The monoisotopic (exact) mass is 281 g/mol. The van der Waals surface area contributed by atoms with Crippen LogP contribution in [-0.4, -0.2) is 15.9 Å². The first kappa shape index (κ1) is 12.8. The van der Waals surface area contributed by atoms with E-state index in [0.717, 1.165) is 5.56 Å². The number of nitrogens with zero attached hydrogens (tertiary/aromatic N) is 2. The van der Waals surface area contributed by atoms with E-state index in [9.17, 15) is 4.79 Å². The standard InChI is InChI=1S/C12H9Cl2N3O/c1-7-2-3-8(13)4-9(7)12(18)17-11-5-10(14)15-6-16-11/h2-6H,1H3,(H,15,16,17,18). The number of anilines is 1. The molecule has 1 amide bonds. The van der Waals surface area contributed by atoms with Gasteiger partial charge in [0.05, 0.1) is 0 Å². The molecular weight excluding hydrogens is 273 g/mol. The molecule has 18 heavy (non-hydrogen) atoms. The highest BCUT2D eigenvalue weighted by Gasteiger charge is 2.10. The maximum Gasteiger partial charge on any atom is 0.257 e. The van der Waals surface area contributed by atoms with E-state index in [2.05, 4.69) is 15.3 Å². The van der Waals surface area contributed by atoms with E-state index in [-0.39, 0.29) is 11.1 Å². The fourth-order valence-corrected chi connectivity index (χ4v) is 1.74. The van der Waals surface area contributed by atoms with Gasteiger partial charge in [0.25, 0.3) is 5.91 Å². The Morgan fingerprint density at radius 3 is 2.72 bits per heavy atom. The van der Waals surface area contributed by atoms with Crippen LogP contribution in [-0.2, 0) is 0 Å². The molecule has 1 aromatic heterocycles. The average Bonchev–Trinajstić information content (AvgIpc) is 2.32. The zero-order valence-corrected chi connectivity index (χ0v) is 11.0. The smallest absolute Gasteiger partial charge is 0.257 e. The van der Waals surface area contributed by atoms with E-state index < -0.39 is 0 Å². The van der Waals surface area contributed by atoms with E-state index in [4.69, 9.17) is 23.2 Å². The molecule has 92 valence electrons. The first-order valence-corrected chi connectivity index (χ1v) is 5.87. The molecule has 0 aliphatic rings. The number of hydrogen-bond donors (Lipinski definition) is 1. The minimum absolute atomic E-state index is 0.267. The first-order chi connectivity index (χ1) is 8.56. The lowest BCUT2D eigenvalue weighted by molar-refractivity contribution is 0.102. The molecule has 2 rings (SSSR count). The third-order valence-electron chi connectivity index (χ3n) is 2.32. The normalized spacial score (nSPS) is 10.2. The molecule has 4 nitrogen and oxygen atoms in total. The molecule has 6 heteroatoms. The van der Waals surface area contributed by atoms with Crippen LogP contribution in [0.5, 0.6) is 0 Å². The average molecular weight is 282 g/mol. The van der Waals surface area contributed by atoms with Gasteiger partial charge in [-0.05, 0) is 24.6 Å². The fraction of sp³-hybridized carbons (Fsp3) is 0.0833. The van der Waals surface area contributed by atoms with E-state index in [1.54, 1.807) is 18.2 Å². The van der Waals surface area contributed by atoms with Crippen LogP contribution in [0.1, 0.15) is 15.9 Å². The van der Waals surface area contributed by atoms with Gasteiger partial charge in [0.15, 0.2) is 0 Å². The molecule has 1 aromatic carbocycles. The van der Waals surface area contributed by atoms with Crippen LogP contribution >= 0.6 is 23.2 Å². The van der Waals surface area contributed by atoms with Crippen LogP contribution in [0.25, 0.3) is 0 Å². The van der Waals surface area contributed by atoms with Crippen LogP contribution in [0.4, 0.5) is 5.82 Å². The number of carbonyl (C=O) groups excluding carboxylic acids is 1. The molecule has 0 aliphatic carbocycles. The van der Waals surface area contributed by atoms with Gasteiger partial charge in [-0.15, -0.1) is 0 Å². The molecule has 1 heterocycles. The molecule has 0 saturated carbocycles. The molecule has 0 atom stereocenters. The Hall–Kier alpha value is -1.65. The van der Waals surface area contributed by atoms with Gasteiger partial charge in [-0.2, -0.15) is 0 Å². The Morgan fingerprint density at radius 2 is 2.00 bits per heavy atom. The molecule has 0 saturated heterocycles. The van der Waals surface area contributed by atoms with Crippen molar-refractivity contribution in [1.29, 1.82) is 0 Å². The molecule has 1 N–H and O–H groups in total. The van der Waals surface area contributed by atoms with Crippen molar-refractivity contribution in [1.82, 2.24) is 9.97 Å². The summed E-state index contributed by atoms with van der Waals surface area (Å²) in [6.07, 6.45) is 1.28. The van der Waals surface area contributed by atoms with Crippen molar-refractivity contribution < 1.29 is 4.79 Å². The number of amides is 1. The molecule has 0 spiro atoms. The van der Waals surface area contributed by atoms with Crippen LogP contribution in [0.3, 0.4) is 0 Å². The van der Waals surface area contributed by atoms with Gasteiger partial charge in [0, 0.05) is 16.7 Å². The minimum atomic E-state index is -0.287. The lowest BCUT2D eigenvalue weighted by Crippen LogP contribution is -2.14. The number of aromatic nitrogens is 2. The Bertz CT molecular complexity index is 602. The SMILES string of the molecule is Cc1ccc(Cl)cc1C(=O)Nc1cc(Cl)ncn1. The lowest BCUT2D eigenvalue weighted by atomic mass is 10.1. The van der Waals surface area contributed by atoms with Crippen molar-refractivity contribution in [2.75, 3.05) is 5.32 Å². The van der Waals surface area contributed by atoms with Gasteiger partial charge in [0.2, 0.25) is 0 Å². The summed E-state index contributed by atoms with van der Waals surface area (Å²) in [5.74, 6) is 0.0594. The molecule has 0 radical (unpaired) electrons. The molecule has 2 aromatic rings. The minimum Gasteiger partial charge on any atom is -0.306 e. The van der Waals surface area contributed by atoms with Crippen molar-refractivity contribution in [3.05, 3.63) is 51.9 Å². The van der Waals surface area contributed by atoms with Gasteiger partial charge < -0.3 is 5.32 Å². The molecular formula is C12H9Cl2N3O. The summed E-state index contributed by atoms with van der Waals surface area (Å²) in [5.41, 5.74) is 1.33. The van der Waals surface area contributed by atoms with E-state index >= 15 is 0 Å². The summed E-state index contributed by atoms with van der Waals surface area (Å²) < 4.78 is 0. The highest BCUT2D eigenvalue weighted by atomic mass is 35.5. The zero-order valence-electron chi connectivity index (χ0n) is 9.45. The van der Waals surface area contributed by atoms with E-state index in [1.165, 1.54) is 12.4 Å². The zero-order chi connectivity index (χ0) is 13.1. The van der Waals surface area contributed by atoms with E-state index in [1.807, 2.05) is 6.92 Å². The predicted octanol–water partition coefficient (Wildman–Crippen LogP) is 3.34. The second kappa shape index (κ2) is 5.33.